The van der Waals surface area contributed by atoms with Crippen molar-refractivity contribution >= 4 is 11.7 Å². The number of para-hydroxylation sites is 1. The van der Waals surface area contributed by atoms with Crippen molar-refractivity contribution in [3.63, 3.8) is 0 Å². The summed E-state index contributed by atoms with van der Waals surface area (Å²) in [4.78, 5) is 11.4. The van der Waals surface area contributed by atoms with Gasteiger partial charge in [-0.05, 0) is 48.9 Å². The van der Waals surface area contributed by atoms with E-state index in [1.165, 1.54) is 11.1 Å². The fourth-order valence-electron chi connectivity index (χ4n) is 3.06. The third kappa shape index (κ3) is 2.77. The van der Waals surface area contributed by atoms with E-state index in [2.05, 4.69) is 29.6 Å². The van der Waals surface area contributed by atoms with E-state index in [1.54, 1.807) is 12.1 Å². The molecule has 0 fully saturated rings. The number of aryl methyl sites for hydroxylation is 2. The average Bonchev–Trinajstić information content (AvgIpc) is 2.49. The van der Waals surface area contributed by atoms with E-state index in [-0.39, 0.29) is 0 Å². The third-order valence-corrected chi connectivity index (χ3v) is 4.20. The van der Waals surface area contributed by atoms with Crippen molar-refractivity contribution in [2.75, 3.05) is 5.32 Å². The van der Waals surface area contributed by atoms with Crippen LogP contribution in [0.15, 0.2) is 42.5 Å². The first-order valence-electron chi connectivity index (χ1n) is 7.31. The van der Waals surface area contributed by atoms with Crippen molar-refractivity contribution in [1.82, 2.24) is 0 Å². The molecule has 0 spiro atoms. The van der Waals surface area contributed by atoms with E-state index < -0.39 is 5.97 Å². The van der Waals surface area contributed by atoms with Crippen LogP contribution in [0.4, 0.5) is 5.69 Å². The summed E-state index contributed by atoms with van der Waals surface area (Å²) in [5.74, 6) is -0.877. The molecule has 0 saturated heterocycles. The molecule has 0 saturated carbocycles. The fourth-order valence-corrected chi connectivity index (χ4v) is 3.06. The minimum atomic E-state index is -0.877. The lowest BCUT2D eigenvalue weighted by Gasteiger charge is -2.27. The molecule has 1 aliphatic rings. The molecule has 1 aliphatic carbocycles. The molecule has 2 aromatic carbocycles. The number of carboxylic acids is 1. The number of rotatable bonds is 3. The van der Waals surface area contributed by atoms with Crippen molar-refractivity contribution in [3.05, 3.63) is 64.7 Å². The largest absolute Gasteiger partial charge is 0.478 e. The molecule has 0 amide bonds. The van der Waals surface area contributed by atoms with Gasteiger partial charge in [-0.15, -0.1) is 0 Å². The Bertz CT molecular complexity index is 679. The average molecular weight is 281 g/mol. The zero-order valence-electron chi connectivity index (χ0n) is 12.1. The maximum absolute atomic E-state index is 11.4. The molecule has 21 heavy (non-hydrogen) atoms. The topological polar surface area (TPSA) is 49.3 Å². The van der Waals surface area contributed by atoms with E-state index in [0.717, 1.165) is 30.5 Å². The van der Waals surface area contributed by atoms with Gasteiger partial charge in [-0.25, -0.2) is 4.79 Å². The van der Waals surface area contributed by atoms with Gasteiger partial charge in [0.15, 0.2) is 0 Å². The molecule has 1 atom stereocenters. The number of fused-ring (bicyclic) bond motifs is 1. The SMILES string of the molecule is Cc1cccc(C(=O)O)c1NC1CCc2ccccc2C1. The Kier molecular flexibility index (Phi) is 3.65. The van der Waals surface area contributed by atoms with Gasteiger partial charge in [-0.3, -0.25) is 0 Å². The first-order valence-corrected chi connectivity index (χ1v) is 7.31. The molecular weight excluding hydrogens is 262 g/mol. The summed E-state index contributed by atoms with van der Waals surface area (Å²) in [6.07, 6.45) is 3.02. The van der Waals surface area contributed by atoms with Crippen LogP contribution >= 0.6 is 0 Å². The predicted molar refractivity (Wildman–Crippen MR) is 84.0 cm³/mol. The van der Waals surface area contributed by atoms with E-state index in [9.17, 15) is 9.90 Å². The third-order valence-electron chi connectivity index (χ3n) is 4.20. The van der Waals surface area contributed by atoms with Gasteiger partial charge in [0.1, 0.15) is 0 Å². The minimum absolute atomic E-state index is 0.291. The lowest BCUT2D eigenvalue weighted by atomic mass is 9.88. The second-order valence-electron chi connectivity index (χ2n) is 5.66. The zero-order chi connectivity index (χ0) is 14.8. The Balaban J connectivity index is 1.84. The number of aromatic carboxylic acids is 1. The van der Waals surface area contributed by atoms with Crippen molar-refractivity contribution in [2.24, 2.45) is 0 Å². The summed E-state index contributed by atoms with van der Waals surface area (Å²) in [7, 11) is 0. The highest BCUT2D eigenvalue weighted by Crippen LogP contribution is 2.27. The molecule has 2 aromatic rings. The number of hydrogen-bond acceptors (Lipinski definition) is 2. The summed E-state index contributed by atoms with van der Waals surface area (Å²) in [5.41, 5.74) is 4.88. The van der Waals surface area contributed by atoms with Crippen LogP contribution in [0, 0.1) is 6.92 Å². The Morgan fingerprint density at radius 2 is 1.90 bits per heavy atom. The molecule has 1 unspecified atom stereocenters. The lowest BCUT2D eigenvalue weighted by Crippen LogP contribution is -2.28. The molecule has 3 heteroatoms. The summed E-state index contributed by atoms with van der Waals surface area (Å²) >= 11 is 0. The number of carbonyl (C=O) groups is 1. The number of nitrogens with one attached hydrogen (secondary N) is 1. The van der Waals surface area contributed by atoms with Gasteiger partial charge in [0, 0.05) is 6.04 Å². The first-order chi connectivity index (χ1) is 10.1. The highest BCUT2D eigenvalue weighted by molar-refractivity contribution is 5.95. The van der Waals surface area contributed by atoms with Gasteiger partial charge >= 0.3 is 5.97 Å². The Morgan fingerprint density at radius 3 is 2.67 bits per heavy atom. The van der Waals surface area contributed by atoms with Crippen LogP contribution in [0.3, 0.4) is 0 Å². The maximum atomic E-state index is 11.4. The molecule has 3 nitrogen and oxygen atoms in total. The van der Waals surface area contributed by atoms with E-state index in [4.69, 9.17) is 0 Å². The summed E-state index contributed by atoms with van der Waals surface area (Å²) in [6, 6.07) is 14.2. The summed E-state index contributed by atoms with van der Waals surface area (Å²) in [5, 5.41) is 12.8. The zero-order valence-corrected chi connectivity index (χ0v) is 12.1. The Morgan fingerprint density at radius 1 is 1.14 bits per heavy atom. The molecule has 0 aromatic heterocycles. The normalized spacial score (nSPS) is 17.1. The van der Waals surface area contributed by atoms with E-state index in [1.807, 2.05) is 13.0 Å². The molecule has 2 N–H and O–H groups in total. The number of anilines is 1. The summed E-state index contributed by atoms with van der Waals surface area (Å²) < 4.78 is 0. The van der Waals surface area contributed by atoms with E-state index in [0.29, 0.717) is 11.6 Å². The second kappa shape index (κ2) is 5.60. The molecule has 0 bridgehead atoms. The number of hydrogen-bond donors (Lipinski definition) is 2. The Hall–Kier alpha value is -2.29. The van der Waals surface area contributed by atoms with Crippen LogP contribution in [-0.4, -0.2) is 17.1 Å². The van der Waals surface area contributed by atoms with Gasteiger partial charge < -0.3 is 10.4 Å². The molecule has 0 radical (unpaired) electrons. The quantitative estimate of drug-likeness (QED) is 0.902. The predicted octanol–water partition coefficient (Wildman–Crippen LogP) is 3.66. The van der Waals surface area contributed by atoms with Gasteiger partial charge in [0.05, 0.1) is 11.3 Å². The van der Waals surface area contributed by atoms with Crippen molar-refractivity contribution in [2.45, 2.75) is 32.2 Å². The van der Waals surface area contributed by atoms with E-state index >= 15 is 0 Å². The van der Waals surface area contributed by atoms with Gasteiger partial charge in [0.2, 0.25) is 0 Å². The molecule has 0 aliphatic heterocycles. The highest BCUT2D eigenvalue weighted by Gasteiger charge is 2.20. The smallest absolute Gasteiger partial charge is 0.337 e. The van der Waals surface area contributed by atoms with Crippen LogP contribution in [0.5, 0.6) is 0 Å². The molecule has 108 valence electrons. The van der Waals surface area contributed by atoms with Crippen molar-refractivity contribution in [3.8, 4) is 0 Å². The minimum Gasteiger partial charge on any atom is -0.478 e. The fraction of sp³-hybridized carbons (Fsp3) is 0.278. The first kappa shape index (κ1) is 13.7. The number of benzene rings is 2. The molecule has 0 heterocycles. The van der Waals surface area contributed by atoms with Crippen LogP contribution in [-0.2, 0) is 12.8 Å². The monoisotopic (exact) mass is 281 g/mol. The second-order valence-corrected chi connectivity index (χ2v) is 5.66. The van der Waals surface area contributed by atoms with Crippen LogP contribution in [0.2, 0.25) is 0 Å². The van der Waals surface area contributed by atoms with Crippen LogP contribution in [0.25, 0.3) is 0 Å². The number of carboxylic acid groups (broad SMARTS) is 1. The van der Waals surface area contributed by atoms with Crippen molar-refractivity contribution in [1.29, 1.82) is 0 Å². The van der Waals surface area contributed by atoms with Gasteiger partial charge in [-0.2, -0.15) is 0 Å². The maximum Gasteiger partial charge on any atom is 0.337 e. The van der Waals surface area contributed by atoms with Gasteiger partial charge in [0.25, 0.3) is 0 Å². The van der Waals surface area contributed by atoms with Crippen molar-refractivity contribution < 1.29 is 9.90 Å². The molecule has 3 rings (SSSR count). The molecular formula is C18H19NO2. The van der Waals surface area contributed by atoms with Gasteiger partial charge in [-0.1, -0.05) is 36.4 Å². The van der Waals surface area contributed by atoms with Crippen LogP contribution in [0.1, 0.15) is 33.5 Å². The lowest BCUT2D eigenvalue weighted by molar-refractivity contribution is 0.0698. The Labute approximate surface area is 124 Å². The highest BCUT2D eigenvalue weighted by atomic mass is 16.4. The standard InChI is InChI=1S/C18H19NO2/c1-12-5-4-8-16(18(20)21)17(12)19-15-10-9-13-6-2-3-7-14(13)11-15/h2-8,15,19H,9-11H2,1H3,(H,20,21). The van der Waals surface area contributed by atoms with Crippen LogP contribution < -0.4 is 5.32 Å². The summed E-state index contributed by atoms with van der Waals surface area (Å²) in [6.45, 7) is 1.95.